The van der Waals surface area contributed by atoms with Crippen LogP contribution in [-0.2, 0) is 13.0 Å². The number of carbonyl (C=O) groups is 1. The number of nitrogens with one attached hydrogen (secondary N) is 2. The van der Waals surface area contributed by atoms with Crippen molar-refractivity contribution < 1.29 is 9.69 Å². The molecule has 3 rings (SSSR count). The van der Waals surface area contributed by atoms with E-state index in [2.05, 4.69) is 49.5 Å². The molecular formula is C21H28N3O+. The normalized spacial score (nSPS) is 15.2. The van der Waals surface area contributed by atoms with Gasteiger partial charge in [0.25, 0.3) is 0 Å². The van der Waals surface area contributed by atoms with Crippen LogP contribution in [0.2, 0.25) is 0 Å². The molecule has 2 N–H and O–H groups in total. The second-order valence-electron chi connectivity index (χ2n) is 6.78. The van der Waals surface area contributed by atoms with Crippen LogP contribution in [-0.4, -0.2) is 37.1 Å². The summed E-state index contributed by atoms with van der Waals surface area (Å²) in [6.45, 7) is 8.93. The predicted molar refractivity (Wildman–Crippen MR) is 102 cm³/mol. The van der Waals surface area contributed by atoms with Gasteiger partial charge in [-0.15, -0.1) is 0 Å². The molecule has 1 fully saturated rings. The fourth-order valence-electron chi connectivity index (χ4n) is 3.43. The number of hydrogen-bond acceptors (Lipinski definition) is 1. The zero-order valence-electron chi connectivity index (χ0n) is 15.2. The second-order valence-corrected chi connectivity index (χ2v) is 6.78. The molecule has 2 amide bonds. The Labute approximate surface area is 150 Å². The molecule has 0 aliphatic carbocycles. The third-order valence-corrected chi connectivity index (χ3v) is 5.10. The van der Waals surface area contributed by atoms with Crippen molar-refractivity contribution in [2.24, 2.45) is 0 Å². The van der Waals surface area contributed by atoms with Crippen LogP contribution in [0.25, 0.3) is 0 Å². The van der Waals surface area contributed by atoms with Crippen molar-refractivity contribution in [1.82, 2.24) is 4.90 Å². The fourth-order valence-corrected chi connectivity index (χ4v) is 3.43. The Hall–Kier alpha value is -2.33. The quantitative estimate of drug-likeness (QED) is 0.883. The van der Waals surface area contributed by atoms with Gasteiger partial charge in [-0.2, -0.15) is 0 Å². The first kappa shape index (κ1) is 17.5. The highest BCUT2D eigenvalue weighted by Crippen LogP contribution is 2.16. The standard InChI is InChI=1S/C21H27N3O/c1-3-18-9-6-7-11-20(18)22-21(25)24-14-12-23(13-15-24)16-19-10-5-4-8-17(19)2/h4-11H,3,12-16H2,1-2H3,(H,22,25)/p+1. The van der Waals surface area contributed by atoms with Gasteiger partial charge in [-0.05, 0) is 30.5 Å². The van der Waals surface area contributed by atoms with E-state index in [1.165, 1.54) is 16.7 Å². The molecule has 0 aromatic heterocycles. The third kappa shape index (κ3) is 4.40. The Kier molecular flexibility index (Phi) is 5.71. The van der Waals surface area contributed by atoms with E-state index in [4.69, 9.17) is 0 Å². The van der Waals surface area contributed by atoms with Crippen LogP contribution in [0.1, 0.15) is 23.6 Å². The molecule has 132 valence electrons. The van der Waals surface area contributed by atoms with Gasteiger partial charge < -0.3 is 15.1 Å². The molecule has 1 heterocycles. The van der Waals surface area contributed by atoms with Gasteiger partial charge in [-0.1, -0.05) is 49.4 Å². The monoisotopic (exact) mass is 338 g/mol. The SMILES string of the molecule is CCc1ccccc1NC(=O)N1CC[NH+](Cc2ccccc2C)CC1. The lowest BCUT2D eigenvalue weighted by molar-refractivity contribution is -0.917. The minimum absolute atomic E-state index is 0.0239. The number of amides is 2. The molecule has 0 radical (unpaired) electrons. The van der Waals surface area contributed by atoms with Gasteiger partial charge in [0.2, 0.25) is 0 Å². The van der Waals surface area contributed by atoms with Gasteiger partial charge in [0.1, 0.15) is 6.54 Å². The van der Waals surface area contributed by atoms with Crippen molar-refractivity contribution in [1.29, 1.82) is 0 Å². The number of urea groups is 1. The Morgan fingerprint density at radius 2 is 1.68 bits per heavy atom. The second kappa shape index (κ2) is 8.17. The molecule has 4 heteroatoms. The van der Waals surface area contributed by atoms with E-state index in [1.807, 2.05) is 23.1 Å². The van der Waals surface area contributed by atoms with Crippen molar-refractivity contribution in [3.05, 3.63) is 65.2 Å². The number of quaternary nitrogens is 1. The molecule has 0 saturated carbocycles. The smallest absolute Gasteiger partial charge is 0.322 e. The average molecular weight is 338 g/mol. The molecule has 2 aromatic carbocycles. The van der Waals surface area contributed by atoms with Crippen LogP contribution in [0.15, 0.2) is 48.5 Å². The maximum absolute atomic E-state index is 12.6. The number of para-hydroxylation sites is 1. The number of benzene rings is 2. The Bertz CT molecular complexity index is 721. The molecule has 1 saturated heterocycles. The summed E-state index contributed by atoms with van der Waals surface area (Å²) < 4.78 is 0. The first-order valence-corrected chi connectivity index (χ1v) is 9.19. The Morgan fingerprint density at radius 3 is 2.36 bits per heavy atom. The molecule has 0 unspecified atom stereocenters. The maximum Gasteiger partial charge on any atom is 0.322 e. The maximum atomic E-state index is 12.6. The van der Waals surface area contributed by atoms with E-state index in [-0.39, 0.29) is 6.03 Å². The number of aryl methyl sites for hydroxylation is 2. The van der Waals surface area contributed by atoms with Gasteiger partial charge in [0.15, 0.2) is 0 Å². The summed E-state index contributed by atoms with van der Waals surface area (Å²) in [5, 5.41) is 3.08. The third-order valence-electron chi connectivity index (χ3n) is 5.10. The molecule has 1 aliphatic heterocycles. The zero-order valence-corrected chi connectivity index (χ0v) is 15.2. The summed E-state index contributed by atoms with van der Waals surface area (Å²) in [7, 11) is 0. The topological polar surface area (TPSA) is 36.8 Å². The highest BCUT2D eigenvalue weighted by atomic mass is 16.2. The number of nitrogens with zero attached hydrogens (tertiary/aromatic N) is 1. The van der Waals surface area contributed by atoms with Crippen LogP contribution in [0.5, 0.6) is 0 Å². The molecule has 0 bridgehead atoms. The van der Waals surface area contributed by atoms with Crippen LogP contribution >= 0.6 is 0 Å². The highest BCUT2D eigenvalue weighted by molar-refractivity contribution is 5.90. The van der Waals surface area contributed by atoms with Crippen LogP contribution in [0, 0.1) is 6.92 Å². The predicted octanol–water partition coefficient (Wildman–Crippen LogP) is 2.49. The fraction of sp³-hybridized carbons (Fsp3) is 0.381. The van der Waals surface area contributed by atoms with E-state index < -0.39 is 0 Å². The van der Waals surface area contributed by atoms with E-state index in [0.717, 1.165) is 44.8 Å². The molecule has 25 heavy (non-hydrogen) atoms. The number of anilines is 1. The Morgan fingerprint density at radius 1 is 1.04 bits per heavy atom. The lowest BCUT2D eigenvalue weighted by Crippen LogP contribution is -3.13. The van der Waals surface area contributed by atoms with Crippen molar-refractivity contribution in [2.75, 3.05) is 31.5 Å². The molecule has 0 atom stereocenters. The van der Waals surface area contributed by atoms with E-state index in [1.54, 1.807) is 4.90 Å². The molecular weight excluding hydrogens is 310 g/mol. The van der Waals surface area contributed by atoms with Crippen molar-refractivity contribution in [2.45, 2.75) is 26.8 Å². The lowest BCUT2D eigenvalue weighted by atomic mass is 10.1. The van der Waals surface area contributed by atoms with Gasteiger partial charge in [-0.3, -0.25) is 0 Å². The van der Waals surface area contributed by atoms with Crippen molar-refractivity contribution in [3.8, 4) is 0 Å². The van der Waals surface area contributed by atoms with Gasteiger partial charge in [-0.25, -0.2) is 4.79 Å². The summed E-state index contributed by atoms with van der Waals surface area (Å²) >= 11 is 0. The molecule has 1 aliphatic rings. The summed E-state index contributed by atoms with van der Waals surface area (Å²) in [5.74, 6) is 0. The number of rotatable bonds is 4. The van der Waals surface area contributed by atoms with Crippen LogP contribution in [0.4, 0.5) is 10.5 Å². The highest BCUT2D eigenvalue weighted by Gasteiger charge is 2.24. The number of carbonyl (C=O) groups excluding carboxylic acids is 1. The number of piperazine rings is 1. The van der Waals surface area contributed by atoms with E-state index in [9.17, 15) is 4.79 Å². The van der Waals surface area contributed by atoms with Crippen molar-refractivity contribution >= 4 is 11.7 Å². The van der Waals surface area contributed by atoms with Gasteiger partial charge in [0, 0.05) is 11.3 Å². The van der Waals surface area contributed by atoms with E-state index in [0.29, 0.717) is 0 Å². The summed E-state index contributed by atoms with van der Waals surface area (Å²) in [6, 6.07) is 16.6. The zero-order chi connectivity index (χ0) is 17.6. The van der Waals surface area contributed by atoms with Crippen molar-refractivity contribution in [3.63, 3.8) is 0 Å². The van der Waals surface area contributed by atoms with Crippen LogP contribution < -0.4 is 10.2 Å². The molecule has 0 spiro atoms. The molecule has 4 nitrogen and oxygen atoms in total. The van der Waals surface area contributed by atoms with Gasteiger partial charge in [0.05, 0.1) is 26.2 Å². The number of hydrogen-bond donors (Lipinski definition) is 2. The average Bonchev–Trinajstić information content (AvgIpc) is 2.64. The Balaban J connectivity index is 1.53. The van der Waals surface area contributed by atoms with Crippen LogP contribution in [0.3, 0.4) is 0 Å². The van der Waals surface area contributed by atoms with E-state index >= 15 is 0 Å². The first-order valence-electron chi connectivity index (χ1n) is 9.19. The lowest BCUT2D eigenvalue weighted by Gasteiger charge is -2.32. The van der Waals surface area contributed by atoms with Gasteiger partial charge >= 0.3 is 6.03 Å². The minimum atomic E-state index is 0.0239. The first-order chi connectivity index (χ1) is 12.2. The summed E-state index contributed by atoms with van der Waals surface area (Å²) in [6.07, 6.45) is 0.921. The largest absolute Gasteiger partial charge is 0.328 e. The summed E-state index contributed by atoms with van der Waals surface area (Å²) in [5.41, 5.74) is 4.88. The molecule has 2 aromatic rings. The minimum Gasteiger partial charge on any atom is -0.328 e. The summed E-state index contributed by atoms with van der Waals surface area (Å²) in [4.78, 5) is 16.0.